The number of hydrogen-bond acceptors (Lipinski definition) is 8. The molecule has 1 atom stereocenters. The molecule has 0 fully saturated rings. The van der Waals surface area contributed by atoms with Gasteiger partial charge in [0, 0.05) is 28.0 Å². The van der Waals surface area contributed by atoms with Crippen LogP contribution in [0.25, 0.3) is 0 Å². The Kier molecular flexibility index (Phi) is 5.87. The summed E-state index contributed by atoms with van der Waals surface area (Å²) < 4.78 is 0.829. The number of allylic oxidation sites excluding steroid dienone is 3. The number of Topliss-reactive ketones (excluding diaryl/α,β-unsaturated/α-hetero) is 1. The van der Waals surface area contributed by atoms with Crippen LogP contribution in [-0.4, -0.2) is 21.2 Å². The van der Waals surface area contributed by atoms with Crippen LogP contribution in [0.1, 0.15) is 44.6 Å². The van der Waals surface area contributed by atoms with E-state index < -0.39 is 5.92 Å². The van der Waals surface area contributed by atoms with Crippen LogP contribution in [0.2, 0.25) is 5.02 Å². The van der Waals surface area contributed by atoms with E-state index in [2.05, 4.69) is 30.1 Å². The van der Waals surface area contributed by atoms with E-state index in [0.717, 1.165) is 22.0 Å². The highest BCUT2D eigenvalue weighted by atomic mass is 35.5. The highest BCUT2D eigenvalue weighted by Crippen LogP contribution is 2.47. The maximum Gasteiger partial charge on any atom is 0.219 e. The molecule has 1 aromatic carbocycles. The van der Waals surface area contributed by atoms with Gasteiger partial charge in [-0.1, -0.05) is 60.7 Å². The molecule has 9 heteroatoms. The molecule has 0 amide bonds. The van der Waals surface area contributed by atoms with Crippen molar-refractivity contribution in [2.75, 3.05) is 4.90 Å². The van der Waals surface area contributed by atoms with E-state index in [1.165, 1.54) is 11.3 Å². The van der Waals surface area contributed by atoms with Crippen LogP contribution >= 0.6 is 34.7 Å². The smallest absolute Gasteiger partial charge is 0.219 e. The van der Waals surface area contributed by atoms with Crippen LogP contribution in [0.5, 0.6) is 0 Å². The second-order valence-electron chi connectivity index (χ2n) is 7.38. The summed E-state index contributed by atoms with van der Waals surface area (Å²) in [6.07, 6.45) is 1.89. The summed E-state index contributed by atoms with van der Waals surface area (Å²) in [6.45, 7) is 4.18. The summed E-state index contributed by atoms with van der Waals surface area (Å²) in [7, 11) is 0. The second kappa shape index (κ2) is 8.42. The number of carbonyl (C=O) groups excluding carboxylic acids is 1. The Balaban J connectivity index is 1.88. The van der Waals surface area contributed by atoms with Gasteiger partial charge >= 0.3 is 0 Å². The molecule has 30 heavy (non-hydrogen) atoms. The van der Waals surface area contributed by atoms with Gasteiger partial charge in [-0.05, 0) is 30.5 Å². The van der Waals surface area contributed by atoms with Crippen molar-refractivity contribution in [3.8, 4) is 6.07 Å². The number of aromatic nitrogens is 2. The fourth-order valence-electron chi connectivity index (χ4n) is 3.84. The number of rotatable bonds is 4. The Morgan fingerprint density at radius 1 is 1.30 bits per heavy atom. The van der Waals surface area contributed by atoms with Gasteiger partial charge in [-0.2, -0.15) is 5.26 Å². The molecule has 1 aromatic heterocycles. The van der Waals surface area contributed by atoms with Gasteiger partial charge in [0.15, 0.2) is 10.1 Å². The van der Waals surface area contributed by atoms with Crippen molar-refractivity contribution in [3.05, 3.63) is 57.5 Å². The zero-order valence-corrected chi connectivity index (χ0v) is 18.9. The molecule has 1 aliphatic carbocycles. The molecule has 2 N–H and O–H groups in total. The van der Waals surface area contributed by atoms with Gasteiger partial charge in [0.2, 0.25) is 5.13 Å². The molecular weight excluding hydrogens is 438 g/mol. The number of nitriles is 1. The summed E-state index contributed by atoms with van der Waals surface area (Å²) in [5.41, 5.74) is 9.15. The number of ketones is 1. The Labute approximate surface area is 188 Å². The third kappa shape index (κ3) is 3.73. The summed E-state index contributed by atoms with van der Waals surface area (Å²) in [4.78, 5) is 14.8. The van der Waals surface area contributed by atoms with Gasteiger partial charge in [0.05, 0.1) is 17.6 Å². The van der Waals surface area contributed by atoms with Crippen molar-refractivity contribution < 1.29 is 4.79 Å². The van der Waals surface area contributed by atoms with Crippen LogP contribution in [-0.2, 0) is 4.79 Å². The number of anilines is 1. The molecular formula is C21H20ClN5OS2. The highest BCUT2D eigenvalue weighted by molar-refractivity contribution is 8.01. The predicted octanol–water partition coefficient (Wildman–Crippen LogP) is 5.00. The lowest BCUT2D eigenvalue weighted by atomic mass is 9.76. The van der Waals surface area contributed by atoms with E-state index >= 15 is 0 Å². The zero-order chi connectivity index (χ0) is 21.4. The normalized spacial score (nSPS) is 19.4. The van der Waals surface area contributed by atoms with Gasteiger partial charge in [-0.3, -0.25) is 9.69 Å². The lowest BCUT2D eigenvalue weighted by Crippen LogP contribution is -2.38. The quantitative estimate of drug-likeness (QED) is 0.645. The first kappa shape index (κ1) is 20.9. The number of thioether (sulfide) groups is 1. The van der Waals surface area contributed by atoms with Crippen molar-refractivity contribution >= 4 is 45.6 Å². The van der Waals surface area contributed by atoms with E-state index in [9.17, 15) is 10.1 Å². The molecule has 1 aliphatic heterocycles. The van der Waals surface area contributed by atoms with Gasteiger partial charge < -0.3 is 5.73 Å². The van der Waals surface area contributed by atoms with Gasteiger partial charge in [0.1, 0.15) is 5.82 Å². The van der Waals surface area contributed by atoms with Crippen molar-refractivity contribution in [2.24, 2.45) is 5.73 Å². The predicted molar refractivity (Wildman–Crippen MR) is 120 cm³/mol. The number of carbonyl (C=O) groups is 1. The largest absolute Gasteiger partial charge is 0.384 e. The van der Waals surface area contributed by atoms with Gasteiger partial charge in [-0.25, -0.2) is 0 Å². The van der Waals surface area contributed by atoms with E-state index in [-0.39, 0.29) is 5.78 Å². The van der Waals surface area contributed by atoms with E-state index in [1.807, 2.05) is 12.1 Å². The van der Waals surface area contributed by atoms with Crippen LogP contribution in [0.15, 0.2) is 51.3 Å². The van der Waals surface area contributed by atoms with Crippen LogP contribution in [0.3, 0.4) is 0 Å². The number of nitrogens with two attached hydrogens (primary N) is 1. The first-order valence-electron chi connectivity index (χ1n) is 9.62. The Morgan fingerprint density at radius 3 is 2.70 bits per heavy atom. The first-order chi connectivity index (χ1) is 14.4. The third-order valence-corrected chi connectivity index (χ3v) is 7.29. The van der Waals surface area contributed by atoms with Crippen LogP contribution < -0.4 is 10.6 Å². The molecule has 2 heterocycles. The van der Waals surface area contributed by atoms with Gasteiger partial charge in [0.25, 0.3) is 0 Å². The molecule has 6 nitrogen and oxygen atoms in total. The lowest BCUT2D eigenvalue weighted by Gasteiger charge is -2.38. The van der Waals surface area contributed by atoms with Gasteiger partial charge in [-0.15, -0.1) is 10.2 Å². The minimum Gasteiger partial charge on any atom is -0.384 e. The minimum atomic E-state index is -0.497. The lowest BCUT2D eigenvalue weighted by molar-refractivity contribution is -0.116. The van der Waals surface area contributed by atoms with Crippen molar-refractivity contribution in [1.82, 2.24) is 10.2 Å². The standard InChI is InChI=1S/C21H20ClN5OS2/c1-11(2)29-21-26-25-20(30-21)27-15-4-3-5-16(28)18(15)17(14(10-23)19(27)24)12-6-8-13(22)9-7-12/h6-9,11,17H,3-5,24H2,1-2H3. The number of hydrogen-bond donors (Lipinski definition) is 1. The van der Waals surface area contributed by atoms with Crippen molar-refractivity contribution in [3.63, 3.8) is 0 Å². The molecule has 1 unspecified atom stereocenters. The average molecular weight is 458 g/mol. The summed E-state index contributed by atoms with van der Waals surface area (Å²) in [5, 5.41) is 20.1. The molecule has 0 saturated carbocycles. The van der Waals surface area contributed by atoms with E-state index in [4.69, 9.17) is 17.3 Å². The molecule has 0 radical (unpaired) electrons. The minimum absolute atomic E-state index is 0.0442. The molecule has 154 valence electrons. The first-order valence-corrected chi connectivity index (χ1v) is 11.7. The molecule has 2 aliphatic rings. The molecule has 4 rings (SSSR count). The fourth-order valence-corrected chi connectivity index (χ4v) is 6.07. The number of nitrogens with zero attached hydrogens (tertiary/aromatic N) is 4. The Hall–Kier alpha value is -2.34. The van der Waals surface area contributed by atoms with Crippen LogP contribution in [0, 0.1) is 11.3 Å². The Bertz CT molecular complexity index is 1100. The van der Waals surface area contributed by atoms with E-state index in [0.29, 0.717) is 45.2 Å². The third-order valence-electron chi connectivity index (χ3n) is 5.04. The molecule has 0 saturated heterocycles. The van der Waals surface area contributed by atoms with Crippen LogP contribution in [0.4, 0.5) is 5.13 Å². The summed E-state index contributed by atoms with van der Waals surface area (Å²) >= 11 is 9.09. The Morgan fingerprint density at radius 2 is 2.03 bits per heavy atom. The zero-order valence-electron chi connectivity index (χ0n) is 16.6. The van der Waals surface area contributed by atoms with E-state index in [1.54, 1.807) is 28.8 Å². The average Bonchev–Trinajstić information content (AvgIpc) is 3.15. The molecule has 0 bridgehead atoms. The van der Waals surface area contributed by atoms with Crippen molar-refractivity contribution in [2.45, 2.75) is 48.6 Å². The highest BCUT2D eigenvalue weighted by Gasteiger charge is 2.41. The maximum atomic E-state index is 13.1. The monoisotopic (exact) mass is 457 g/mol. The number of halogens is 1. The second-order valence-corrected chi connectivity index (χ2v) is 10.6. The fraction of sp³-hybridized carbons (Fsp3) is 0.333. The summed E-state index contributed by atoms with van der Waals surface area (Å²) in [6, 6.07) is 9.48. The SMILES string of the molecule is CC(C)Sc1nnc(N2C(N)=C(C#N)C(c3ccc(Cl)cc3)C3=C2CCCC3=O)s1. The topological polar surface area (TPSA) is 95.9 Å². The molecule has 0 spiro atoms. The number of benzene rings is 1. The maximum absolute atomic E-state index is 13.1. The summed E-state index contributed by atoms with van der Waals surface area (Å²) in [5.74, 6) is -0.144. The molecule has 2 aromatic rings. The van der Waals surface area contributed by atoms with Crippen molar-refractivity contribution in [1.29, 1.82) is 5.26 Å².